The monoisotopic (exact) mass is 227 g/mol. The maximum atomic E-state index is 13.6. The van der Waals surface area contributed by atoms with Gasteiger partial charge in [0.2, 0.25) is 0 Å². The molecule has 0 saturated heterocycles. The van der Waals surface area contributed by atoms with E-state index in [4.69, 9.17) is 10.5 Å². The first kappa shape index (κ1) is 11.5. The molecule has 1 fully saturated rings. The molecule has 0 amide bonds. The van der Waals surface area contributed by atoms with Gasteiger partial charge in [-0.2, -0.15) is 0 Å². The summed E-state index contributed by atoms with van der Waals surface area (Å²) >= 11 is 0. The van der Waals surface area contributed by atoms with Gasteiger partial charge in [-0.05, 0) is 30.5 Å². The fourth-order valence-electron chi connectivity index (χ4n) is 1.95. The van der Waals surface area contributed by atoms with Crippen molar-refractivity contribution in [2.24, 2.45) is 5.73 Å². The van der Waals surface area contributed by atoms with Crippen molar-refractivity contribution in [1.82, 2.24) is 0 Å². The van der Waals surface area contributed by atoms with Crippen LogP contribution < -0.4 is 5.73 Å². The molecule has 1 aliphatic carbocycles. The number of methoxy groups -OCH3 is 1. The summed E-state index contributed by atoms with van der Waals surface area (Å²) in [5.74, 6) is -1.09. The lowest BCUT2D eigenvalue weighted by Crippen LogP contribution is -2.20. The highest BCUT2D eigenvalue weighted by Gasteiger charge is 2.43. The molecule has 1 aromatic rings. The molecule has 4 heteroatoms. The van der Waals surface area contributed by atoms with E-state index in [0.717, 1.165) is 12.8 Å². The molecule has 0 aliphatic heterocycles. The highest BCUT2D eigenvalue weighted by Crippen LogP contribution is 2.47. The van der Waals surface area contributed by atoms with Gasteiger partial charge in [0.25, 0.3) is 0 Å². The largest absolute Gasteiger partial charge is 0.380 e. The maximum absolute atomic E-state index is 13.6. The minimum absolute atomic E-state index is 0.0147. The molecule has 88 valence electrons. The molecule has 0 spiro atoms. The molecular weight excluding hydrogens is 212 g/mol. The Labute approximate surface area is 93.4 Å². The molecule has 0 heterocycles. The fraction of sp³-hybridized carbons (Fsp3) is 0.500. The van der Waals surface area contributed by atoms with Crippen molar-refractivity contribution >= 4 is 0 Å². The van der Waals surface area contributed by atoms with Gasteiger partial charge in [0.05, 0.1) is 6.61 Å². The van der Waals surface area contributed by atoms with Crippen LogP contribution in [0, 0.1) is 11.6 Å². The Balaban J connectivity index is 2.37. The number of nitrogens with two attached hydrogens (primary N) is 1. The van der Waals surface area contributed by atoms with Gasteiger partial charge in [-0.25, -0.2) is 8.78 Å². The van der Waals surface area contributed by atoms with E-state index in [-0.39, 0.29) is 17.6 Å². The SMILES string of the molecule is COCc1c(F)cc(C2(CN)CC2)cc1F. The molecule has 1 aliphatic rings. The Morgan fingerprint density at radius 2 is 1.88 bits per heavy atom. The van der Waals surface area contributed by atoms with E-state index in [9.17, 15) is 8.78 Å². The summed E-state index contributed by atoms with van der Waals surface area (Å²) in [5, 5.41) is 0. The van der Waals surface area contributed by atoms with Gasteiger partial charge in [-0.1, -0.05) is 0 Å². The number of benzene rings is 1. The van der Waals surface area contributed by atoms with Gasteiger partial charge in [-0.3, -0.25) is 0 Å². The summed E-state index contributed by atoms with van der Waals surface area (Å²) in [6.07, 6.45) is 1.82. The second-order valence-corrected chi connectivity index (χ2v) is 4.34. The fourth-order valence-corrected chi connectivity index (χ4v) is 1.95. The second kappa shape index (κ2) is 4.11. The van der Waals surface area contributed by atoms with E-state index < -0.39 is 11.6 Å². The van der Waals surface area contributed by atoms with Gasteiger partial charge < -0.3 is 10.5 Å². The summed E-state index contributed by atoms with van der Waals surface area (Å²) < 4.78 is 32.0. The van der Waals surface area contributed by atoms with Crippen LogP contribution in [0.4, 0.5) is 8.78 Å². The summed E-state index contributed by atoms with van der Waals surface area (Å²) in [7, 11) is 1.41. The van der Waals surface area contributed by atoms with Crippen LogP contribution in [-0.4, -0.2) is 13.7 Å². The van der Waals surface area contributed by atoms with E-state index in [1.54, 1.807) is 0 Å². The zero-order valence-electron chi connectivity index (χ0n) is 9.22. The zero-order valence-corrected chi connectivity index (χ0v) is 9.22. The molecule has 16 heavy (non-hydrogen) atoms. The second-order valence-electron chi connectivity index (χ2n) is 4.34. The molecule has 2 rings (SSSR count). The van der Waals surface area contributed by atoms with E-state index in [2.05, 4.69) is 0 Å². The molecule has 1 aromatic carbocycles. The van der Waals surface area contributed by atoms with E-state index in [1.807, 2.05) is 0 Å². The van der Waals surface area contributed by atoms with Crippen molar-refractivity contribution in [3.8, 4) is 0 Å². The number of ether oxygens (including phenoxy) is 1. The minimum atomic E-state index is -0.545. The molecule has 2 N–H and O–H groups in total. The molecule has 1 saturated carbocycles. The van der Waals surface area contributed by atoms with Crippen molar-refractivity contribution in [3.05, 3.63) is 34.9 Å². The quantitative estimate of drug-likeness (QED) is 0.855. The molecule has 0 atom stereocenters. The smallest absolute Gasteiger partial charge is 0.131 e. The van der Waals surface area contributed by atoms with Crippen LogP contribution >= 0.6 is 0 Å². The van der Waals surface area contributed by atoms with Gasteiger partial charge in [0, 0.05) is 24.6 Å². The van der Waals surface area contributed by atoms with Gasteiger partial charge in [0.1, 0.15) is 11.6 Å². The average Bonchev–Trinajstić information content (AvgIpc) is 3.04. The third kappa shape index (κ3) is 1.83. The molecule has 2 nitrogen and oxygen atoms in total. The maximum Gasteiger partial charge on any atom is 0.131 e. The first-order valence-corrected chi connectivity index (χ1v) is 5.30. The van der Waals surface area contributed by atoms with Crippen LogP contribution in [0.5, 0.6) is 0 Å². The van der Waals surface area contributed by atoms with Crippen LogP contribution in [0.25, 0.3) is 0 Å². The van der Waals surface area contributed by atoms with E-state index >= 15 is 0 Å². The lowest BCUT2D eigenvalue weighted by molar-refractivity contribution is 0.177. The first-order chi connectivity index (χ1) is 7.63. The van der Waals surface area contributed by atoms with Crippen LogP contribution in [0.15, 0.2) is 12.1 Å². The van der Waals surface area contributed by atoms with Gasteiger partial charge >= 0.3 is 0 Å². The van der Waals surface area contributed by atoms with E-state index in [0.29, 0.717) is 12.1 Å². The standard InChI is InChI=1S/C12H15F2NO/c1-16-6-9-10(13)4-8(5-11(9)14)12(7-15)2-3-12/h4-5H,2-3,6-7,15H2,1H3. The van der Waals surface area contributed by atoms with Crippen molar-refractivity contribution < 1.29 is 13.5 Å². The number of hydrogen-bond donors (Lipinski definition) is 1. The van der Waals surface area contributed by atoms with Crippen LogP contribution in [0.2, 0.25) is 0 Å². The van der Waals surface area contributed by atoms with Crippen LogP contribution in [0.3, 0.4) is 0 Å². The zero-order chi connectivity index (χ0) is 11.8. The Bertz CT molecular complexity index is 379. The Hall–Kier alpha value is -1.00. The first-order valence-electron chi connectivity index (χ1n) is 5.30. The molecule has 0 unspecified atom stereocenters. The lowest BCUT2D eigenvalue weighted by Gasteiger charge is -2.14. The molecule has 0 radical (unpaired) electrons. The van der Waals surface area contributed by atoms with Crippen molar-refractivity contribution in [3.63, 3.8) is 0 Å². The third-order valence-electron chi connectivity index (χ3n) is 3.29. The highest BCUT2D eigenvalue weighted by atomic mass is 19.1. The summed E-state index contributed by atoms with van der Waals surface area (Å²) in [6, 6.07) is 2.77. The van der Waals surface area contributed by atoms with Gasteiger partial charge in [0.15, 0.2) is 0 Å². The van der Waals surface area contributed by atoms with Crippen molar-refractivity contribution in [1.29, 1.82) is 0 Å². The minimum Gasteiger partial charge on any atom is -0.380 e. The Kier molecular flexibility index (Phi) is 2.95. The predicted octanol–water partition coefficient (Wildman–Crippen LogP) is 2.10. The number of hydrogen-bond acceptors (Lipinski definition) is 2. The Morgan fingerprint density at radius 1 is 1.31 bits per heavy atom. The predicted molar refractivity (Wildman–Crippen MR) is 57.0 cm³/mol. The molecular formula is C12H15F2NO. The topological polar surface area (TPSA) is 35.2 Å². The molecule has 0 aromatic heterocycles. The van der Waals surface area contributed by atoms with Crippen molar-refractivity contribution in [2.45, 2.75) is 24.9 Å². The summed E-state index contributed by atoms with van der Waals surface area (Å²) in [5.41, 5.74) is 6.10. The van der Waals surface area contributed by atoms with Gasteiger partial charge in [-0.15, -0.1) is 0 Å². The normalized spacial score (nSPS) is 17.5. The third-order valence-corrected chi connectivity index (χ3v) is 3.29. The lowest BCUT2D eigenvalue weighted by atomic mass is 9.94. The molecule has 0 bridgehead atoms. The number of rotatable bonds is 4. The summed E-state index contributed by atoms with van der Waals surface area (Å²) in [4.78, 5) is 0. The number of halogens is 2. The van der Waals surface area contributed by atoms with Crippen molar-refractivity contribution in [2.75, 3.05) is 13.7 Å². The van der Waals surface area contributed by atoms with E-state index in [1.165, 1.54) is 19.2 Å². The van der Waals surface area contributed by atoms with Crippen LogP contribution in [-0.2, 0) is 16.8 Å². The average molecular weight is 227 g/mol. The highest BCUT2D eigenvalue weighted by molar-refractivity contribution is 5.36. The van der Waals surface area contributed by atoms with Crippen LogP contribution in [0.1, 0.15) is 24.0 Å². The Morgan fingerprint density at radius 3 is 2.25 bits per heavy atom. The summed E-state index contributed by atoms with van der Waals surface area (Å²) in [6.45, 7) is 0.392.